The molecule has 16 heavy (non-hydrogen) atoms. The SMILES string of the molecule is O=C(OC[C@H]1CCCO1)[C@H]1C[C@H]2C=C[C@H]1C2. The van der Waals surface area contributed by atoms with E-state index < -0.39 is 0 Å². The van der Waals surface area contributed by atoms with Gasteiger partial charge in [-0.2, -0.15) is 0 Å². The quantitative estimate of drug-likeness (QED) is 0.540. The van der Waals surface area contributed by atoms with Crippen LogP contribution in [0.2, 0.25) is 0 Å². The lowest BCUT2D eigenvalue weighted by Crippen LogP contribution is -2.25. The second kappa shape index (κ2) is 4.21. The molecule has 0 N–H and O–H groups in total. The van der Waals surface area contributed by atoms with Gasteiger partial charge in [0.25, 0.3) is 0 Å². The van der Waals surface area contributed by atoms with Crippen molar-refractivity contribution in [2.24, 2.45) is 17.8 Å². The van der Waals surface area contributed by atoms with Crippen molar-refractivity contribution < 1.29 is 14.3 Å². The molecule has 0 spiro atoms. The predicted octanol–water partition coefficient (Wildman–Crippen LogP) is 1.92. The summed E-state index contributed by atoms with van der Waals surface area (Å²) in [4.78, 5) is 11.9. The van der Waals surface area contributed by atoms with E-state index in [1.807, 2.05) is 0 Å². The summed E-state index contributed by atoms with van der Waals surface area (Å²) in [6, 6.07) is 0. The Balaban J connectivity index is 1.48. The molecule has 4 atom stereocenters. The number of carbonyl (C=O) groups excluding carboxylic acids is 1. The highest BCUT2D eigenvalue weighted by molar-refractivity contribution is 5.74. The molecular formula is C13H18O3. The number of esters is 1. The van der Waals surface area contributed by atoms with Gasteiger partial charge in [0.2, 0.25) is 0 Å². The largest absolute Gasteiger partial charge is 0.463 e. The third-order valence-corrected chi connectivity index (χ3v) is 4.02. The number of hydrogen-bond acceptors (Lipinski definition) is 3. The molecule has 0 aromatic rings. The number of fused-ring (bicyclic) bond motifs is 2. The third kappa shape index (κ3) is 1.88. The summed E-state index contributed by atoms with van der Waals surface area (Å²) in [7, 11) is 0. The normalized spacial score (nSPS) is 40.5. The Morgan fingerprint density at radius 3 is 2.94 bits per heavy atom. The van der Waals surface area contributed by atoms with Gasteiger partial charge < -0.3 is 9.47 Å². The molecule has 88 valence electrons. The average molecular weight is 222 g/mol. The van der Waals surface area contributed by atoms with E-state index in [0.29, 0.717) is 18.4 Å². The monoisotopic (exact) mass is 222 g/mol. The fourth-order valence-electron chi connectivity index (χ4n) is 3.11. The maximum Gasteiger partial charge on any atom is 0.309 e. The summed E-state index contributed by atoms with van der Waals surface area (Å²) >= 11 is 0. The van der Waals surface area contributed by atoms with E-state index in [9.17, 15) is 4.79 Å². The number of carbonyl (C=O) groups is 1. The van der Waals surface area contributed by atoms with E-state index in [0.717, 1.165) is 32.3 Å². The van der Waals surface area contributed by atoms with Crippen LogP contribution in [0, 0.1) is 17.8 Å². The molecule has 2 aliphatic carbocycles. The Bertz CT molecular complexity index is 304. The molecular weight excluding hydrogens is 204 g/mol. The minimum atomic E-state index is -0.00708. The Morgan fingerprint density at radius 1 is 1.38 bits per heavy atom. The molecule has 3 heteroatoms. The maximum atomic E-state index is 11.9. The van der Waals surface area contributed by atoms with Gasteiger partial charge in [-0.25, -0.2) is 0 Å². The summed E-state index contributed by atoms with van der Waals surface area (Å²) in [5, 5.41) is 0. The highest BCUT2D eigenvalue weighted by Crippen LogP contribution is 2.43. The van der Waals surface area contributed by atoms with E-state index in [1.54, 1.807) is 0 Å². The summed E-state index contributed by atoms with van der Waals surface area (Å²) in [5.41, 5.74) is 0. The van der Waals surface area contributed by atoms with Crippen LogP contribution in [0.15, 0.2) is 12.2 Å². The molecule has 3 rings (SSSR count). The standard InChI is InChI=1S/C13H18O3/c14-13(16-8-11-2-1-5-15-11)12-7-9-3-4-10(12)6-9/h3-4,9-12H,1-2,5-8H2/t9-,10-,11+,12-/m0/s1. The number of hydrogen-bond donors (Lipinski definition) is 0. The van der Waals surface area contributed by atoms with Crippen LogP contribution < -0.4 is 0 Å². The van der Waals surface area contributed by atoms with Crippen LogP contribution in [-0.4, -0.2) is 25.3 Å². The third-order valence-electron chi connectivity index (χ3n) is 4.02. The molecule has 0 aromatic heterocycles. The molecule has 0 radical (unpaired) electrons. The van der Waals surface area contributed by atoms with Crippen LogP contribution >= 0.6 is 0 Å². The molecule has 0 amide bonds. The minimum absolute atomic E-state index is 0.00708. The van der Waals surface area contributed by atoms with Gasteiger partial charge in [-0.05, 0) is 37.5 Å². The topological polar surface area (TPSA) is 35.5 Å². The van der Waals surface area contributed by atoms with Crippen molar-refractivity contribution in [1.29, 1.82) is 0 Å². The Morgan fingerprint density at radius 2 is 2.31 bits per heavy atom. The first-order chi connectivity index (χ1) is 7.83. The zero-order valence-corrected chi connectivity index (χ0v) is 9.43. The fraction of sp³-hybridized carbons (Fsp3) is 0.769. The van der Waals surface area contributed by atoms with Gasteiger partial charge in [0.05, 0.1) is 12.0 Å². The van der Waals surface area contributed by atoms with E-state index in [-0.39, 0.29) is 18.0 Å². The molecule has 0 unspecified atom stereocenters. The van der Waals surface area contributed by atoms with Crippen molar-refractivity contribution in [1.82, 2.24) is 0 Å². The van der Waals surface area contributed by atoms with E-state index >= 15 is 0 Å². The van der Waals surface area contributed by atoms with Crippen molar-refractivity contribution in [3.63, 3.8) is 0 Å². The van der Waals surface area contributed by atoms with Gasteiger partial charge in [-0.3, -0.25) is 4.79 Å². The van der Waals surface area contributed by atoms with Crippen LogP contribution in [0.4, 0.5) is 0 Å². The Hall–Kier alpha value is -0.830. The number of ether oxygens (including phenoxy) is 2. The molecule has 0 aromatic carbocycles. The minimum Gasteiger partial charge on any atom is -0.463 e. The lowest BCUT2D eigenvalue weighted by molar-refractivity contribution is -0.152. The first kappa shape index (κ1) is 10.3. The fourth-order valence-corrected chi connectivity index (χ4v) is 3.11. The summed E-state index contributed by atoms with van der Waals surface area (Å²) in [6.07, 6.45) is 8.85. The molecule has 1 heterocycles. The van der Waals surface area contributed by atoms with Crippen molar-refractivity contribution in [3.05, 3.63) is 12.2 Å². The first-order valence-electron chi connectivity index (χ1n) is 6.29. The lowest BCUT2D eigenvalue weighted by atomic mass is 9.94. The van der Waals surface area contributed by atoms with Gasteiger partial charge in [-0.15, -0.1) is 0 Å². The predicted molar refractivity (Wildman–Crippen MR) is 58.8 cm³/mol. The van der Waals surface area contributed by atoms with E-state index in [4.69, 9.17) is 9.47 Å². The van der Waals surface area contributed by atoms with Gasteiger partial charge in [-0.1, -0.05) is 12.2 Å². The lowest BCUT2D eigenvalue weighted by Gasteiger charge is -2.18. The van der Waals surface area contributed by atoms with Gasteiger partial charge in [0.1, 0.15) is 6.61 Å². The number of rotatable bonds is 3. The second-order valence-electron chi connectivity index (χ2n) is 5.15. The van der Waals surface area contributed by atoms with Crippen molar-refractivity contribution in [2.75, 3.05) is 13.2 Å². The van der Waals surface area contributed by atoms with Crippen LogP contribution in [0.3, 0.4) is 0 Å². The van der Waals surface area contributed by atoms with E-state index in [2.05, 4.69) is 12.2 Å². The molecule has 1 saturated carbocycles. The molecule has 1 saturated heterocycles. The summed E-state index contributed by atoms with van der Waals surface area (Å²) in [6.45, 7) is 1.27. The molecule has 3 aliphatic rings. The van der Waals surface area contributed by atoms with Crippen LogP contribution in [0.5, 0.6) is 0 Å². The summed E-state index contributed by atoms with van der Waals surface area (Å²) < 4.78 is 10.8. The van der Waals surface area contributed by atoms with Gasteiger partial charge in [0, 0.05) is 6.61 Å². The Kier molecular flexibility index (Phi) is 2.72. The molecule has 2 bridgehead atoms. The zero-order chi connectivity index (χ0) is 11.0. The van der Waals surface area contributed by atoms with Crippen LogP contribution in [0.1, 0.15) is 25.7 Å². The highest BCUT2D eigenvalue weighted by Gasteiger charge is 2.40. The van der Waals surface area contributed by atoms with Gasteiger partial charge >= 0.3 is 5.97 Å². The van der Waals surface area contributed by atoms with Crippen molar-refractivity contribution >= 4 is 5.97 Å². The second-order valence-corrected chi connectivity index (χ2v) is 5.15. The Labute approximate surface area is 95.8 Å². The highest BCUT2D eigenvalue weighted by atomic mass is 16.6. The average Bonchev–Trinajstić information content (AvgIpc) is 3.01. The first-order valence-corrected chi connectivity index (χ1v) is 6.29. The van der Waals surface area contributed by atoms with Crippen LogP contribution in [-0.2, 0) is 14.3 Å². The molecule has 2 fully saturated rings. The molecule has 3 nitrogen and oxygen atoms in total. The van der Waals surface area contributed by atoms with Crippen molar-refractivity contribution in [3.8, 4) is 0 Å². The van der Waals surface area contributed by atoms with Crippen LogP contribution in [0.25, 0.3) is 0 Å². The van der Waals surface area contributed by atoms with Gasteiger partial charge in [0.15, 0.2) is 0 Å². The smallest absolute Gasteiger partial charge is 0.309 e. The molecule has 1 aliphatic heterocycles. The van der Waals surface area contributed by atoms with Crippen molar-refractivity contribution in [2.45, 2.75) is 31.8 Å². The van der Waals surface area contributed by atoms with E-state index in [1.165, 1.54) is 0 Å². The zero-order valence-electron chi connectivity index (χ0n) is 9.43. The maximum absolute atomic E-state index is 11.9. The summed E-state index contributed by atoms with van der Waals surface area (Å²) in [5.74, 6) is 1.19. The number of allylic oxidation sites excluding steroid dienone is 2.